The van der Waals surface area contributed by atoms with Crippen LogP contribution in [0.5, 0.6) is 0 Å². The first-order valence-electron chi connectivity index (χ1n) is 8.72. The zero-order valence-electron chi connectivity index (χ0n) is 14.5. The van der Waals surface area contributed by atoms with Crippen molar-refractivity contribution in [3.8, 4) is 0 Å². The lowest BCUT2D eigenvalue weighted by molar-refractivity contribution is -0.0885. The van der Waals surface area contributed by atoms with Gasteiger partial charge in [-0.25, -0.2) is 0 Å². The molecular formula is C18H20F3N5S. The number of piperidine rings is 1. The lowest BCUT2D eigenvalue weighted by Crippen LogP contribution is -2.43. The summed E-state index contributed by atoms with van der Waals surface area (Å²) < 4.78 is 40.2. The van der Waals surface area contributed by atoms with Gasteiger partial charge in [-0.3, -0.25) is 4.98 Å². The molecule has 2 unspecified atom stereocenters. The van der Waals surface area contributed by atoms with Gasteiger partial charge in [0.1, 0.15) is 0 Å². The highest BCUT2D eigenvalue weighted by molar-refractivity contribution is 8.04. The topological polar surface area (TPSA) is 71.4 Å². The van der Waals surface area contributed by atoms with Crippen LogP contribution in [0.15, 0.2) is 53.0 Å². The Morgan fingerprint density at radius 2 is 2.04 bits per heavy atom. The Balaban J connectivity index is 1.75. The molecule has 1 aromatic heterocycles. The van der Waals surface area contributed by atoms with Gasteiger partial charge >= 0.3 is 6.18 Å². The summed E-state index contributed by atoms with van der Waals surface area (Å²) in [5.74, 6) is 0. The van der Waals surface area contributed by atoms with Gasteiger partial charge in [-0.15, -0.1) is 11.8 Å². The fourth-order valence-electron chi connectivity index (χ4n) is 3.65. The molecule has 2 atom stereocenters. The van der Waals surface area contributed by atoms with Gasteiger partial charge in [0, 0.05) is 36.4 Å². The highest BCUT2D eigenvalue weighted by Gasteiger charge is 2.41. The van der Waals surface area contributed by atoms with Gasteiger partial charge in [-0.05, 0) is 31.1 Å². The summed E-state index contributed by atoms with van der Waals surface area (Å²) in [5, 5.41) is -0.515. The molecule has 4 heterocycles. The summed E-state index contributed by atoms with van der Waals surface area (Å²) in [7, 11) is 0. The third-order valence-electron chi connectivity index (χ3n) is 4.84. The van der Waals surface area contributed by atoms with Crippen LogP contribution in [-0.4, -0.2) is 35.7 Å². The second-order valence-corrected chi connectivity index (χ2v) is 7.96. The van der Waals surface area contributed by atoms with E-state index >= 15 is 0 Å². The molecular weight excluding hydrogens is 375 g/mol. The molecule has 0 spiro atoms. The lowest BCUT2D eigenvalue weighted by Gasteiger charge is -2.36. The van der Waals surface area contributed by atoms with E-state index in [1.165, 1.54) is 6.20 Å². The number of aromatic nitrogens is 1. The van der Waals surface area contributed by atoms with E-state index in [1.807, 2.05) is 6.07 Å². The van der Waals surface area contributed by atoms with Gasteiger partial charge in [0.15, 0.2) is 0 Å². The van der Waals surface area contributed by atoms with Gasteiger partial charge in [0.05, 0.1) is 34.2 Å². The van der Waals surface area contributed by atoms with E-state index < -0.39 is 17.1 Å². The molecule has 5 nitrogen and oxygen atoms in total. The number of anilines is 2. The number of pyridine rings is 1. The van der Waals surface area contributed by atoms with Gasteiger partial charge in [-0.2, -0.15) is 13.2 Å². The summed E-state index contributed by atoms with van der Waals surface area (Å²) in [4.78, 5) is 8.27. The molecule has 4 rings (SSSR count). The molecule has 1 saturated heterocycles. The molecule has 0 saturated carbocycles. The van der Waals surface area contributed by atoms with E-state index in [9.17, 15) is 13.2 Å². The van der Waals surface area contributed by atoms with E-state index in [0.29, 0.717) is 12.2 Å². The number of fused-ring (bicyclic) bond motifs is 1. The van der Waals surface area contributed by atoms with Crippen LogP contribution in [0.25, 0.3) is 0 Å². The minimum absolute atomic E-state index is 0.0821. The average Bonchev–Trinajstić information content (AvgIpc) is 3.01. The van der Waals surface area contributed by atoms with Crippen LogP contribution in [-0.2, 0) is 0 Å². The van der Waals surface area contributed by atoms with Crippen molar-refractivity contribution in [1.29, 1.82) is 0 Å². The molecule has 0 amide bonds. The molecule has 27 heavy (non-hydrogen) atoms. The minimum Gasteiger partial charge on any atom is -0.368 e. The van der Waals surface area contributed by atoms with E-state index in [2.05, 4.69) is 9.88 Å². The molecule has 0 aliphatic carbocycles. The normalized spacial score (nSPS) is 25.7. The molecule has 1 fully saturated rings. The number of rotatable bonds is 2. The Kier molecular flexibility index (Phi) is 4.69. The van der Waals surface area contributed by atoms with Crippen molar-refractivity contribution < 1.29 is 13.2 Å². The van der Waals surface area contributed by atoms with E-state index in [4.69, 9.17) is 11.5 Å². The quantitative estimate of drug-likeness (QED) is 0.802. The van der Waals surface area contributed by atoms with Crippen LogP contribution in [0.1, 0.15) is 12.8 Å². The second-order valence-electron chi connectivity index (χ2n) is 6.77. The van der Waals surface area contributed by atoms with Crippen LogP contribution in [0.3, 0.4) is 0 Å². The molecule has 9 heteroatoms. The zero-order valence-corrected chi connectivity index (χ0v) is 15.3. The highest BCUT2D eigenvalue weighted by atomic mass is 32.2. The van der Waals surface area contributed by atoms with Gasteiger partial charge < -0.3 is 21.3 Å². The third kappa shape index (κ3) is 3.46. The monoisotopic (exact) mass is 395 g/mol. The van der Waals surface area contributed by atoms with Crippen molar-refractivity contribution in [1.82, 2.24) is 4.98 Å². The minimum atomic E-state index is -4.43. The molecule has 0 aromatic carbocycles. The second kappa shape index (κ2) is 6.88. The SMILES string of the molecule is NC1CCCN(c2ccncc2N2C=CC(C(F)(F)F)=C3SC(N)C=C32)C1. The standard InChI is InChI=1S/C18H20F3N5S/c19-18(20,21)12-4-7-26(14-8-16(23)27-17(12)14)15-9-24-5-3-13(15)25-6-1-2-11(22)10-25/h3-5,7-9,11,16H,1-2,6,10,22-23H2. The van der Waals surface area contributed by atoms with Crippen LogP contribution < -0.4 is 21.3 Å². The first-order valence-corrected chi connectivity index (χ1v) is 9.60. The largest absolute Gasteiger partial charge is 0.417 e. The first-order chi connectivity index (χ1) is 12.8. The van der Waals surface area contributed by atoms with Crippen molar-refractivity contribution in [3.05, 3.63) is 53.0 Å². The number of nitrogens with two attached hydrogens (primary N) is 2. The predicted molar refractivity (Wildman–Crippen MR) is 102 cm³/mol. The molecule has 144 valence electrons. The molecule has 3 aliphatic heterocycles. The summed E-state index contributed by atoms with van der Waals surface area (Å²) >= 11 is 1.02. The third-order valence-corrected chi connectivity index (χ3v) is 5.92. The van der Waals surface area contributed by atoms with E-state index in [-0.39, 0.29) is 10.9 Å². The Morgan fingerprint density at radius 3 is 2.78 bits per heavy atom. The number of nitrogens with zero attached hydrogens (tertiary/aromatic N) is 3. The van der Waals surface area contributed by atoms with E-state index in [1.54, 1.807) is 23.4 Å². The van der Waals surface area contributed by atoms with Crippen LogP contribution >= 0.6 is 11.8 Å². The lowest BCUT2D eigenvalue weighted by atomic mass is 10.0. The Bertz CT molecular complexity index is 833. The van der Waals surface area contributed by atoms with Crippen molar-refractivity contribution in [2.45, 2.75) is 30.4 Å². The number of hydrogen-bond acceptors (Lipinski definition) is 6. The van der Waals surface area contributed by atoms with E-state index in [0.717, 1.165) is 48.6 Å². The number of hydrogen-bond donors (Lipinski definition) is 2. The summed E-state index contributed by atoms with van der Waals surface area (Å²) in [6, 6.07) is 1.96. The summed E-state index contributed by atoms with van der Waals surface area (Å²) in [6.07, 6.45) is 5.10. The molecule has 0 radical (unpaired) electrons. The molecule has 0 bridgehead atoms. The van der Waals surface area contributed by atoms with Gasteiger partial charge in [-0.1, -0.05) is 0 Å². The van der Waals surface area contributed by atoms with Crippen molar-refractivity contribution in [2.75, 3.05) is 22.9 Å². The summed E-state index contributed by atoms with van der Waals surface area (Å²) in [6.45, 7) is 1.56. The molecule has 1 aromatic rings. The van der Waals surface area contributed by atoms with Crippen molar-refractivity contribution in [3.63, 3.8) is 0 Å². The highest BCUT2D eigenvalue weighted by Crippen LogP contribution is 2.48. The molecule has 4 N–H and O–H groups in total. The average molecular weight is 395 g/mol. The van der Waals surface area contributed by atoms with Crippen LogP contribution in [0, 0.1) is 0 Å². The Hall–Kier alpha value is -1.97. The Labute approximate surface area is 159 Å². The first kappa shape index (κ1) is 18.4. The molecule has 3 aliphatic rings. The van der Waals surface area contributed by atoms with Gasteiger partial charge in [0.25, 0.3) is 0 Å². The number of thioether (sulfide) groups is 1. The maximum Gasteiger partial charge on any atom is 0.417 e. The predicted octanol–water partition coefficient (Wildman–Crippen LogP) is 3.07. The maximum absolute atomic E-state index is 13.4. The Morgan fingerprint density at radius 1 is 1.22 bits per heavy atom. The summed E-state index contributed by atoms with van der Waals surface area (Å²) in [5.41, 5.74) is 13.5. The number of allylic oxidation sites excluding steroid dienone is 2. The van der Waals surface area contributed by atoms with Crippen molar-refractivity contribution >= 4 is 23.1 Å². The smallest absolute Gasteiger partial charge is 0.368 e. The van der Waals surface area contributed by atoms with Crippen LogP contribution in [0.2, 0.25) is 0 Å². The number of halogens is 3. The van der Waals surface area contributed by atoms with Crippen LogP contribution in [0.4, 0.5) is 24.5 Å². The number of alkyl halides is 3. The fourth-order valence-corrected chi connectivity index (χ4v) is 4.72. The zero-order chi connectivity index (χ0) is 19.2. The van der Waals surface area contributed by atoms with Crippen molar-refractivity contribution in [2.24, 2.45) is 11.5 Å². The fraction of sp³-hybridized carbons (Fsp3) is 0.389. The van der Waals surface area contributed by atoms with Gasteiger partial charge in [0.2, 0.25) is 0 Å². The maximum atomic E-state index is 13.4.